The average Bonchev–Trinajstić information content (AvgIpc) is 3.01. The van der Waals surface area contributed by atoms with Gasteiger partial charge in [0.05, 0.1) is 5.69 Å². The van der Waals surface area contributed by atoms with E-state index in [1.54, 1.807) is 16.6 Å². The van der Waals surface area contributed by atoms with E-state index >= 15 is 0 Å². The molecule has 0 bridgehead atoms. The zero-order chi connectivity index (χ0) is 11.7. The molecule has 1 aliphatic carbocycles. The van der Waals surface area contributed by atoms with E-state index in [1.807, 2.05) is 17.4 Å². The molecule has 2 heterocycles. The zero-order valence-corrected chi connectivity index (χ0v) is 10.8. The molecule has 2 aromatic rings. The summed E-state index contributed by atoms with van der Waals surface area (Å²) in [6.45, 7) is 3.12. The third-order valence-corrected chi connectivity index (χ3v) is 4.61. The molecule has 1 unspecified atom stereocenters. The van der Waals surface area contributed by atoms with E-state index in [0.29, 0.717) is 6.04 Å². The highest BCUT2D eigenvalue weighted by molar-refractivity contribution is 7.12. The van der Waals surface area contributed by atoms with Crippen molar-refractivity contribution >= 4 is 11.3 Å². The van der Waals surface area contributed by atoms with Crippen LogP contribution in [0.15, 0.2) is 18.3 Å². The Morgan fingerprint density at radius 2 is 2.47 bits per heavy atom. The first-order chi connectivity index (χ1) is 8.33. The first-order valence-electron chi connectivity index (χ1n) is 6.16. The number of thiophene rings is 1. The van der Waals surface area contributed by atoms with Crippen molar-refractivity contribution in [3.8, 4) is 0 Å². The normalized spacial score (nSPS) is 16.1. The number of aromatic nitrogens is 2. The molecule has 2 N–H and O–H groups in total. The van der Waals surface area contributed by atoms with Crippen molar-refractivity contribution in [2.75, 3.05) is 0 Å². The van der Waals surface area contributed by atoms with Crippen LogP contribution in [0.5, 0.6) is 0 Å². The second-order valence-corrected chi connectivity index (χ2v) is 5.85. The van der Waals surface area contributed by atoms with Crippen molar-refractivity contribution < 1.29 is 0 Å². The van der Waals surface area contributed by atoms with Crippen molar-refractivity contribution in [1.82, 2.24) is 15.5 Å². The molecule has 0 amide bonds. The highest BCUT2D eigenvalue weighted by Crippen LogP contribution is 2.30. The molecule has 3 rings (SSSR count). The molecule has 3 nitrogen and oxygen atoms in total. The molecule has 17 heavy (non-hydrogen) atoms. The molecule has 0 radical (unpaired) electrons. The first kappa shape index (κ1) is 11.0. The van der Waals surface area contributed by atoms with Gasteiger partial charge < -0.3 is 5.32 Å². The maximum Gasteiger partial charge on any atom is 0.0518 e. The van der Waals surface area contributed by atoms with Crippen LogP contribution in [-0.2, 0) is 19.4 Å². The SMILES string of the molecule is CC(NCc1cc2c(s1)CCC2)c1ccn[nH]1. The van der Waals surface area contributed by atoms with Gasteiger partial charge in [-0.05, 0) is 43.9 Å². The van der Waals surface area contributed by atoms with E-state index in [4.69, 9.17) is 0 Å². The van der Waals surface area contributed by atoms with E-state index in [9.17, 15) is 0 Å². The Morgan fingerprint density at radius 3 is 3.24 bits per heavy atom. The summed E-state index contributed by atoms with van der Waals surface area (Å²) in [5.41, 5.74) is 2.73. The highest BCUT2D eigenvalue weighted by atomic mass is 32.1. The summed E-state index contributed by atoms with van der Waals surface area (Å²) in [4.78, 5) is 3.07. The Hall–Kier alpha value is -1.13. The average molecular weight is 247 g/mol. The first-order valence-corrected chi connectivity index (χ1v) is 6.97. The van der Waals surface area contributed by atoms with Gasteiger partial charge in [0.15, 0.2) is 0 Å². The van der Waals surface area contributed by atoms with Gasteiger partial charge in [0.2, 0.25) is 0 Å². The number of nitrogens with zero attached hydrogens (tertiary/aromatic N) is 1. The van der Waals surface area contributed by atoms with Gasteiger partial charge in [0, 0.05) is 28.5 Å². The number of H-pyrrole nitrogens is 1. The van der Waals surface area contributed by atoms with Crippen LogP contribution < -0.4 is 5.32 Å². The van der Waals surface area contributed by atoms with Crippen LogP contribution in [-0.4, -0.2) is 10.2 Å². The van der Waals surface area contributed by atoms with Crippen LogP contribution >= 0.6 is 11.3 Å². The molecule has 0 fully saturated rings. The summed E-state index contributed by atoms with van der Waals surface area (Å²) in [6.07, 6.45) is 5.71. The Kier molecular flexibility index (Phi) is 2.99. The zero-order valence-electron chi connectivity index (χ0n) is 9.99. The number of hydrogen-bond donors (Lipinski definition) is 2. The van der Waals surface area contributed by atoms with Crippen molar-refractivity contribution in [3.05, 3.63) is 39.3 Å². The lowest BCUT2D eigenvalue weighted by Crippen LogP contribution is -2.17. The molecule has 0 spiro atoms. The van der Waals surface area contributed by atoms with Crippen LogP contribution in [0.25, 0.3) is 0 Å². The van der Waals surface area contributed by atoms with Crippen molar-refractivity contribution in [3.63, 3.8) is 0 Å². The second-order valence-electron chi connectivity index (χ2n) is 4.63. The van der Waals surface area contributed by atoms with E-state index in [-0.39, 0.29) is 0 Å². The third-order valence-electron chi connectivity index (χ3n) is 3.37. The fourth-order valence-corrected chi connectivity index (χ4v) is 3.56. The third kappa shape index (κ3) is 2.28. The van der Waals surface area contributed by atoms with Crippen LogP contribution in [0, 0.1) is 0 Å². The Balaban J connectivity index is 1.60. The lowest BCUT2D eigenvalue weighted by molar-refractivity contribution is 0.564. The predicted molar refractivity (Wildman–Crippen MR) is 70.2 cm³/mol. The number of rotatable bonds is 4. The number of aryl methyl sites for hydroxylation is 2. The second kappa shape index (κ2) is 4.63. The fourth-order valence-electron chi connectivity index (χ4n) is 2.35. The summed E-state index contributed by atoms with van der Waals surface area (Å²) in [7, 11) is 0. The van der Waals surface area contributed by atoms with Crippen LogP contribution in [0.2, 0.25) is 0 Å². The molecule has 4 heteroatoms. The quantitative estimate of drug-likeness (QED) is 0.872. The predicted octanol–water partition coefficient (Wildman–Crippen LogP) is 2.81. The minimum atomic E-state index is 0.328. The Morgan fingerprint density at radius 1 is 1.53 bits per heavy atom. The lowest BCUT2D eigenvalue weighted by Gasteiger charge is -2.10. The number of aromatic amines is 1. The largest absolute Gasteiger partial charge is 0.304 e. The minimum Gasteiger partial charge on any atom is -0.304 e. The van der Waals surface area contributed by atoms with Crippen LogP contribution in [0.1, 0.15) is 40.4 Å². The standard InChI is InChI=1S/C13H17N3S/c1-9(12-5-6-15-16-12)14-8-11-7-10-3-2-4-13(10)17-11/h5-7,9,14H,2-4,8H2,1H3,(H,15,16). The number of nitrogens with one attached hydrogen (secondary N) is 2. The molecule has 0 saturated carbocycles. The molecule has 2 aromatic heterocycles. The summed E-state index contributed by atoms with van der Waals surface area (Å²) in [5, 5.41) is 10.5. The lowest BCUT2D eigenvalue weighted by atomic mass is 10.2. The van der Waals surface area contributed by atoms with E-state index in [1.165, 1.54) is 24.1 Å². The van der Waals surface area contributed by atoms with Crippen molar-refractivity contribution in [1.29, 1.82) is 0 Å². The van der Waals surface area contributed by atoms with Gasteiger partial charge in [0.25, 0.3) is 0 Å². The molecule has 0 aliphatic heterocycles. The van der Waals surface area contributed by atoms with Gasteiger partial charge in [0.1, 0.15) is 0 Å². The molecule has 1 atom stereocenters. The van der Waals surface area contributed by atoms with Gasteiger partial charge >= 0.3 is 0 Å². The Bertz CT molecular complexity index is 465. The molecule has 90 valence electrons. The summed E-state index contributed by atoms with van der Waals surface area (Å²) in [5.74, 6) is 0. The summed E-state index contributed by atoms with van der Waals surface area (Å²) < 4.78 is 0. The van der Waals surface area contributed by atoms with Gasteiger partial charge in [-0.1, -0.05) is 0 Å². The molecule has 0 saturated heterocycles. The van der Waals surface area contributed by atoms with Crippen LogP contribution in [0.4, 0.5) is 0 Å². The molecular weight excluding hydrogens is 230 g/mol. The van der Waals surface area contributed by atoms with Gasteiger partial charge in [-0.25, -0.2) is 0 Å². The summed E-state index contributed by atoms with van der Waals surface area (Å²) >= 11 is 1.97. The van der Waals surface area contributed by atoms with Gasteiger partial charge in [-0.15, -0.1) is 11.3 Å². The number of fused-ring (bicyclic) bond motifs is 1. The highest BCUT2D eigenvalue weighted by Gasteiger charge is 2.15. The maximum atomic E-state index is 3.98. The van der Waals surface area contributed by atoms with Gasteiger partial charge in [-0.2, -0.15) is 5.10 Å². The molecule has 0 aromatic carbocycles. The topological polar surface area (TPSA) is 40.7 Å². The van der Waals surface area contributed by atoms with Crippen molar-refractivity contribution in [2.45, 2.75) is 38.8 Å². The summed E-state index contributed by atoms with van der Waals surface area (Å²) in [6, 6.07) is 4.72. The smallest absolute Gasteiger partial charge is 0.0518 e. The minimum absolute atomic E-state index is 0.328. The fraction of sp³-hybridized carbons (Fsp3) is 0.462. The molecule has 1 aliphatic rings. The Labute approximate surface area is 105 Å². The van der Waals surface area contributed by atoms with Crippen molar-refractivity contribution in [2.24, 2.45) is 0 Å². The van der Waals surface area contributed by atoms with Gasteiger partial charge in [-0.3, -0.25) is 5.10 Å². The molecular formula is C13H17N3S. The number of hydrogen-bond acceptors (Lipinski definition) is 3. The maximum absolute atomic E-state index is 3.98. The van der Waals surface area contributed by atoms with E-state index in [0.717, 1.165) is 12.2 Å². The monoisotopic (exact) mass is 247 g/mol. The van der Waals surface area contributed by atoms with Crippen LogP contribution in [0.3, 0.4) is 0 Å². The van der Waals surface area contributed by atoms with E-state index in [2.05, 4.69) is 28.5 Å². The van der Waals surface area contributed by atoms with E-state index < -0.39 is 0 Å².